The number of rotatable bonds is 7. The molecule has 3 rings (SSSR count). The molecule has 0 aliphatic rings. The molecule has 164 valence electrons. The number of alkyl halides is 3. The summed E-state index contributed by atoms with van der Waals surface area (Å²) in [7, 11) is -4.53. The maximum Gasteiger partial charge on any atom is 0.416 e. The van der Waals surface area contributed by atoms with E-state index < -0.39 is 38.2 Å². The fourth-order valence-electron chi connectivity index (χ4n) is 2.64. The summed E-state index contributed by atoms with van der Waals surface area (Å²) in [6, 6.07) is 13.0. The number of nitrogens with one attached hydrogen (secondary N) is 1. The Bertz CT molecular complexity index is 1160. The van der Waals surface area contributed by atoms with Gasteiger partial charge in [-0.05, 0) is 61.5 Å². The van der Waals surface area contributed by atoms with Gasteiger partial charge >= 0.3 is 6.18 Å². The third kappa shape index (κ3) is 5.46. The first-order chi connectivity index (χ1) is 14.6. The summed E-state index contributed by atoms with van der Waals surface area (Å²) in [4.78, 5) is -0.709. The molecule has 31 heavy (non-hydrogen) atoms. The SMILES string of the molecule is CCOc1ccc(Oc2ccc(C(F)(F)F)cc2NS(=O)(=O)c2ccccc2F)cc1. The Kier molecular flexibility index (Phi) is 6.40. The van der Waals surface area contributed by atoms with Gasteiger partial charge in [-0.2, -0.15) is 13.2 Å². The highest BCUT2D eigenvalue weighted by molar-refractivity contribution is 7.92. The summed E-state index contributed by atoms with van der Waals surface area (Å²) in [5, 5.41) is 0. The van der Waals surface area contributed by atoms with Gasteiger partial charge in [-0.3, -0.25) is 4.72 Å². The van der Waals surface area contributed by atoms with Crippen molar-refractivity contribution < 1.29 is 35.5 Å². The van der Waals surface area contributed by atoms with Gasteiger partial charge in [-0.25, -0.2) is 12.8 Å². The molecule has 10 heteroatoms. The summed E-state index contributed by atoms with van der Waals surface area (Å²) in [6.07, 6.45) is -4.73. The van der Waals surface area contributed by atoms with Crippen LogP contribution in [-0.2, 0) is 16.2 Å². The predicted molar refractivity (Wildman–Crippen MR) is 106 cm³/mol. The molecule has 0 atom stereocenters. The molecule has 3 aromatic carbocycles. The molecular formula is C21H17F4NO4S. The van der Waals surface area contributed by atoms with E-state index in [9.17, 15) is 26.0 Å². The fraction of sp³-hybridized carbons (Fsp3) is 0.143. The van der Waals surface area contributed by atoms with Gasteiger partial charge in [0.1, 0.15) is 22.2 Å². The number of ether oxygens (including phenoxy) is 2. The molecule has 0 radical (unpaired) electrons. The smallest absolute Gasteiger partial charge is 0.416 e. The number of hydrogen-bond donors (Lipinski definition) is 1. The van der Waals surface area contributed by atoms with Gasteiger partial charge in [0.2, 0.25) is 0 Å². The van der Waals surface area contributed by atoms with Crippen molar-refractivity contribution in [3.8, 4) is 17.2 Å². The van der Waals surface area contributed by atoms with Crippen molar-refractivity contribution in [2.45, 2.75) is 18.0 Å². The van der Waals surface area contributed by atoms with Crippen LogP contribution in [-0.4, -0.2) is 15.0 Å². The summed E-state index contributed by atoms with van der Waals surface area (Å²) >= 11 is 0. The van der Waals surface area contributed by atoms with Crippen LogP contribution in [0.3, 0.4) is 0 Å². The molecule has 0 aromatic heterocycles. The summed E-state index contributed by atoms with van der Waals surface area (Å²) in [6.45, 7) is 2.25. The molecule has 0 amide bonds. The number of hydrogen-bond acceptors (Lipinski definition) is 4. The monoisotopic (exact) mass is 455 g/mol. The average Bonchev–Trinajstić information content (AvgIpc) is 2.70. The Morgan fingerprint density at radius 3 is 2.19 bits per heavy atom. The van der Waals surface area contributed by atoms with Crippen LogP contribution < -0.4 is 14.2 Å². The Morgan fingerprint density at radius 1 is 0.935 bits per heavy atom. The van der Waals surface area contributed by atoms with E-state index in [1.54, 1.807) is 19.1 Å². The van der Waals surface area contributed by atoms with Gasteiger partial charge in [0, 0.05) is 0 Å². The van der Waals surface area contributed by atoms with Crippen molar-refractivity contribution in [2.24, 2.45) is 0 Å². The molecule has 0 aliphatic heterocycles. The molecule has 0 heterocycles. The summed E-state index contributed by atoms with van der Waals surface area (Å²) in [5.74, 6) is -0.453. The van der Waals surface area contributed by atoms with Crippen molar-refractivity contribution in [1.29, 1.82) is 0 Å². The molecule has 5 nitrogen and oxygen atoms in total. The second kappa shape index (κ2) is 8.84. The summed E-state index contributed by atoms with van der Waals surface area (Å²) < 4.78 is 91.6. The molecule has 0 fully saturated rings. The van der Waals surface area contributed by atoms with E-state index in [2.05, 4.69) is 0 Å². The molecule has 0 unspecified atom stereocenters. The zero-order valence-corrected chi connectivity index (χ0v) is 16.9. The number of anilines is 1. The van der Waals surface area contributed by atoms with E-state index in [0.717, 1.165) is 24.3 Å². The lowest BCUT2D eigenvalue weighted by atomic mass is 10.2. The minimum Gasteiger partial charge on any atom is -0.494 e. The Balaban J connectivity index is 1.99. The molecular weight excluding hydrogens is 438 g/mol. The van der Waals surface area contributed by atoms with Crippen LogP contribution in [0.5, 0.6) is 17.2 Å². The lowest BCUT2D eigenvalue weighted by Gasteiger charge is -2.16. The van der Waals surface area contributed by atoms with Crippen LogP contribution in [0, 0.1) is 5.82 Å². The first kappa shape index (κ1) is 22.4. The minimum absolute atomic E-state index is 0.197. The first-order valence-electron chi connectivity index (χ1n) is 8.99. The third-order valence-corrected chi connectivity index (χ3v) is 5.44. The largest absolute Gasteiger partial charge is 0.494 e. The topological polar surface area (TPSA) is 64.6 Å². The zero-order valence-electron chi connectivity index (χ0n) is 16.1. The second-order valence-electron chi connectivity index (χ2n) is 6.25. The highest BCUT2D eigenvalue weighted by atomic mass is 32.2. The highest BCUT2D eigenvalue weighted by Crippen LogP contribution is 2.38. The van der Waals surface area contributed by atoms with Crippen LogP contribution in [0.2, 0.25) is 0 Å². The van der Waals surface area contributed by atoms with Crippen molar-refractivity contribution in [3.05, 3.63) is 78.1 Å². The first-order valence-corrected chi connectivity index (χ1v) is 10.5. The van der Waals surface area contributed by atoms with Crippen LogP contribution in [0.4, 0.5) is 23.2 Å². The maximum atomic E-state index is 14.0. The zero-order chi connectivity index (χ0) is 22.6. The van der Waals surface area contributed by atoms with Crippen LogP contribution in [0.15, 0.2) is 71.6 Å². The van der Waals surface area contributed by atoms with Gasteiger partial charge in [0.15, 0.2) is 5.75 Å². The van der Waals surface area contributed by atoms with Gasteiger partial charge < -0.3 is 9.47 Å². The van der Waals surface area contributed by atoms with Crippen LogP contribution >= 0.6 is 0 Å². The molecule has 0 saturated carbocycles. The quantitative estimate of drug-likeness (QED) is 0.455. The fourth-order valence-corrected chi connectivity index (χ4v) is 3.78. The van der Waals surface area contributed by atoms with Crippen molar-refractivity contribution in [2.75, 3.05) is 11.3 Å². The van der Waals surface area contributed by atoms with Gasteiger partial charge in [-0.1, -0.05) is 12.1 Å². The second-order valence-corrected chi connectivity index (χ2v) is 7.90. The Hall–Kier alpha value is -3.27. The molecule has 0 bridgehead atoms. The van der Waals surface area contributed by atoms with E-state index in [0.29, 0.717) is 18.4 Å². The van der Waals surface area contributed by atoms with Gasteiger partial charge in [0.05, 0.1) is 17.9 Å². The molecule has 0 saturated heterocycles. The van der Waals surface area contributed by atoms with Crippen molar-refractivity contribution in [1.82, 2.24) is 0 Å². The highest BCUT2D eigenvalue weighted by Gasteiger charge is 2.32. The molecule has 1 N–H and O–H groups in total. The van der Waals surface area contributed by atoms with Crippen LogP contribution in [0.1, 0.15) is 12.5 Å². The predicted octanol–water partition coefficient (Wildman–Crippen LogP) is 5.84. The van der Waals surface area contributed by atoms with E-state index in [1.807, 2.05) is 4.72 Å². The Labute approximate surface area is 176 Å². The lowest BCUT2D eigenvalue weighted by molar-refractivity contribution is -0.137. The summed E-state index contributed by atoms with van der Waals surface area (Å²) in [5.41, 5.74) is -1.59. The molecule has 3 aromatic rings. The van der Waals surface area contributed by atoms with E-state index in [-0.39, 0.29) is 11.5 Å². The normalized spacial score (nSPS) is 11.8. The average molecular weight is 455 g/mol. The van der Waals surface area contributed by atoms with Crippen molar-refractivity contribution >= 4 is 15.7 Å². The maximum absolute atomic E-state index is 14.0. The Morgan fingerprint density at radius 2 is 1.58 bits per heavy atom. The van der Waals surface area contributed by atoms with Crippen LogP contribution in [0.25, 0.3) is 0 Å². The number of benzene rings is 3. The number of halogens is 4. The van der Waals surface area contributed by atoms with E-state index in [4.69, 9.17) is 9.47 Å². The standard InChI is InChI=1S/C21H17F4NO4S/c1-2-29-15-8-10-16(11-9-15)30-19-12-7-14(21(23,24)25)13-18(19)26-31(27,28)20-6-4-3-5-17(20)22/h3-13,26H,2H2,1H3. The lowest BCUT2D eigenvalue weighted by Crippen LogP contribution is -2.16. The van der Waals surface area contributed by atoms with E-state index in [1.165, 1.54) is 24.3 Å². The van der Waals surface area contributed by atoms with Gasteiger partial charge in [0.25, 0.3) is 10.0 Å². The molecule has 0 spiro atoms. The minimum atomic E-state index is -4.73. The third-order valence-electron chi connectivity index (χ3n) is 4.04. The van der Waals surface area contributed by atoms with Crippen molar-refractivity contribution in [3.63, 3.8) is 0 Å². The van der Waals surface area contributed by atoms with Gasteiger partial charge in [-0.15, -0.1) is 0 Å². The van der Waals surface area contributed by atoms with E-state index >= 15 is 0 Å². The number of sulfonamides is 1. The molecule has 0 aliphatic carbocycles.